The van der Waals surface area contributed by atoms with Crippen LogP contribution in [0.4, 0.5) is 0 Å². The third kappa shape index (κ3) is 4.31. The second-order valence-corrected chi connectivity index (χ2v) is 5.33. The van der Waals surface area contributed by atoms with Gasteiger partial charge in [-0.25, -0.2) is 0 Å². The molecule has 0 aromatic heterocycles. The summed E-state index contributed by atoms with van der Waals surface area (Å²) >= 11 is 0. The zero-order valence-electron chi connectivity index (χ0n) is 12.2. The lowest BCUT2D eigenvalue weighted by atomic mass is 10.1. The largest absolute Gasteiger partial charge is 0.507 e. The topological polar surface area (TPSA) is 35.5 Å². The molecule has 18 heavy (non-hydrogen) atoms. The van der Waals surface area contributed by atoms with Crippen LogP contribution >= 0.6 is 0 Å². The van der Waals surface area contributed by atoms with Gasteiger partial charge in [-0.15, -0.1) is 0 Å². The van der Waals surface area contributed by atoms with Crippen LogP contribution in [-0.2, 0) is 6.54 Å². The number of nitrogens with zero attached hydrogens (tertiary/aromatic N) is 1. The molecule has 0 bridgehead atoms. The molecule has 102 valence electrons. The van der Waals surface area contributed by atoms with E-state index >= 15 is 0 Å². The first-order chi connectivity index (χ1) is 8.41. The summed E-state index contributed by atoms with van der Waals surface area (Å²) in [6.45, 7) is 11.2. The molecule has 2 N–H and O–H groups in total. The summed E-state index contributed by atoms with van der Waals surface area (Å²) in [5.41, 5.74) is 3.13. The van der Waals surface area contributed by atoms with Gasteiger partial charge >= 0.3 is 0 Å². The average molecular weight is 250 g/mol. The maximum atomic E-state index is 9.71. The first kappa shape index (κ1) is 15.0. The number of likely N-dealkylation sites (N-methyl/N-ethyl adjacent to an activating group) is 1. The number of phenolic OH excluding ortho intramolecular Hbond substituents is 1. The Bertz CT molecular complexity index is 365. The molecule has 0 atom stereocenters. The summed E-state index contributed by atoms with van der Waals surface area (Å²) in [6.07, 6.45) is 0. The fourth-order valence-electron chi connectivity index (χ4n) is 1.89. The van der Waals surface area contributed by atoms with Crippen molar-refractivity contribution in [3.8, 4) is 5.75 Å². The van der Waals surface area contributed by atoms with E-state index in [1.165, 1.54) is 5.56 Å². The molecule has 0 radical (unpaired) electrons. The molecule has 0 aliphatic carbocycles. The van der Waals surface area contributed by atoms with Crippen molar-refractivity contribution >= 4 is 0 Å². The molecule has 3 heteroatoms. The number of aromatic hydroxyl groups is 1. The normalized spacial score (nSPS) is 11.5. The molecule has 0 spiro atoms. The van der Waals surface area contributed by atoms with E-state index in [0.717, 1.165) is 30.8 Å². The number of nitrogens with one attached hydrogen (secondary N) is 1. The molecule has 0 heterocycles. The highest BCUT2D eigenvalue weighted by atomic mass is 16.3. The first-order valence-electron chi connectivity index (χ1n) is 6.62. The second kappa shape index (κ2) is 6.76. The molecule has 3 nitrogen and oxygen atoms in total. The molecule has 1 aromatic rings. The van der Waals surface area contributed by atoms with E-state index in [2.05, 4.69) is 31.1 Å². The summed E-state index contributed by atoms with van der Waals surface area (Å²) in [6, 6.07) is 4.67. The third-order valence-electron chi connectivity index (χ3n) is 3.40. The second-order valence-electron chi connectivity index (χ2n) is 5.33. The van der Waals surface area contributed by atoms with E-state index in [1.54, 1.807) is 0 Å². The Hall–Kier alpha value is -1.06. The molecule has 0 aliphatic rings. The van der Waals surface area contributed by atoms with Gasteiger partial charge in [0.25, 0.3) is 0 Å². The van der Waals surface area contributed by atoms with E-state index in [4.69, 9.17) is 0 Å². The number of hydrogen-bond donors (Lipinski definition) is 2. The molecule has 0 amide bonds. The summed E-state index contributed by atoms with van der Waals surface area (Å²) in [5, 5.41) is 13.1. The highest BCUT2D eigenvalue weighted by Crippen LogP contribution is 2.22. The SMILES string of the molecule is Cc1cc(CNCCN(C)C(C)C)cc(C)c1O. The number of benzene rings is 1. The smallest absolute Gasteiger partial charge is 0.121 e. The summed E-state index contributed by atoms with van der Waals surface area (Å²) in [5.74, 6) is 0.415. The van der Waals surface area contributed by atoms with Gasteiger partial charge in [0.1, 0.15) is 5.75 Å². The van der Waals surface area contributed by atoms with E-state index in [0.29, 0.717) is 11.8 Å². The van der Waals surface area contributed by atoms with Crippen molar-refractivity contribution in [2.45, 2.75) is 40.3 Å². The van der Waals surface area contributed by atoms with Gasteiger partial charge in [0.05, 0.1) is 0 Å². The van der Waals surface area contributed by atoms with Crippen LogP contribution in [0.15, 0.2) is 12.1 Å². The minimum atomic E-state index is 0.415. The minimum Gasteiger partial charge on any atom is -0.507 e. The predicted octanol–water partition coefficient (Wildman–Crippen LogP) is 2.44. The maximum Gasteiger partial charge on any atom is 0.121 e. The highest BCUT2D eigenvalue weighted by molar-refractivity contribution is 5.42. The number of aryl methyl sites for hydroxylation is 2. The number of hydrogen-bond acceptors (Lipinski definition) is 3. The van der Waals surface area contributed by atoms with Gasteiger partial charge in [-0.1, -0.05) is 12.1 Å². The monoisotopic (exact) mass is 250 g/mol. The Morgan fingerprint density at radius 2 is 1.78 bits per heavy atom. The molecule has 0 aliphatic heterocycles. The quantitative estimate of drug-likeness (QED) is 0.761. The number of rotatable bonds is 6. The molecular weight excluding hydrogens is 224 g/mol. The first-order valence-corrected chi connectivity index (χ1v) is 6.62. The Labute approximate surface area is 111 Å². The summed E-state index contributed by atoms with van der Waals surface area (Å²) < 4.78 is 0. The van der Waals surface area contributed by atoms with E-state index in [-0.39, 0.29) is 0 Å². The van der Waals surface area contributed by atoms with Crippen LogP contribution in [0.5, 0.6) is 5.75 Å². The lowest BCUT2D eigenvalue weighted by Gasteiger charge is -2.21. The fourth-order valence-corrected chi connectivity index (χ4v) is 1.89. The van der Waals surface area contributed by atoms with Crippen LogP contribution in [0, 0.1) is 13.8 Å². The van der Waals surface area contributed by atoms with Gasteiger partial charge in [0.15, 0.2) is 0 Å². The van der Waals surface area contributed by atoms with Crippen LogP contribution in [0.25, 0.3) is 0 Å². The third-order valence-corrected chi connectivity index (χ3v) is 3.40. The molecule has 0 fully saturated rings. The minimum absolute atomic E-state index is 0.415. The molecule has 0 unspecified atom stereocenters. The molecule has 0 saturated heterocycles. The van der Waals surface area contributed by atoms with Crippen LogP contribution in [0.3, 0.4) is 0 Å². The van der Waals surface area contributed by atoms with Crippen LogP contribution in [0.1, 0.15) is 30.5 Å². The van der Waals surface area contributed by atoms with Crippen molar-refractivity contribution < 1.29 is 5.11 Å². The molecule has 0 saturated carbocycles. The Balaban J connectivity index is 2.40. The standard InChI is InChI=1S/C15H26N2O/c1-11(2)17(5)7-6-16-10-14-8-12(3)15(18)13(4)9-14/h8-9,11,16,18H,6-7,10H2,1-5H3. The van der Waals surface area contributed by atoms with E-state index < -0.39 is 0 Å². The van der Waals surface area contributed by atoms with Crippen molar-refractivity contribution in [2.24, 2.45) is 0 Å². The van der Waals surface area contributed by atoms with Crippen LogP contribution < -0.4 is 5.32 Å². The zero-order valence-corrected chi connectivity index (χ0v) is 12.2. The van der Waals surface area contributed by atoms with Gasteiger partial charge in [0, 0.05) is 25.7 Å². The van der Waals surface area contributed by atoms with Gasteiger partial charge in [0.2, 0.25) is 0 Å². The Morgan fingerprint density at radius 1 is 1.22 bits per heavy atom. The molecule has 1 aromatic carbocycles. The maximum absolute atomic E-state index is 9.71. The van der Waals surface area contributed by atoms with E-state index in [1.807, 2.05) is 26.0 Å². The lowest BCUT2D eigenvalue weighted by molar-refractivity contribution is 0.273. The zero-order chi connectivity index (χ0) is 13.7. The van der Waals surface area contributed by atoms with Gasteiger partial charge < -0.3 is 15.3 Å². The van der Waals surface area contributed by atoms with Crippen LogP contribution in [-0.4, -0.2) is 36.2 Å². The Kier molecular flexibility index (Phi) is 5.63. The van der Waals surface area contributed by atoms with Gasteiger partial charge in [-0.05, 0) is 51.4 Å². The highest BCUT2D eigenvalue weighted by Gasteiger charge is 2.04. The average Bonchev–Trinajstić information content (AvgIpc) is 2.31. The van der Waals surface area contributed by atoms with Crippen molar-refractivity contribution in [1.29, 1.82) is 0 Å². The van der Waals surface area contributed by atoms with Crippen molar-refractivity contribution in [3.63, 3.8) is 0 Å². The van der Waals surface area contributed by atoms with Crippen molar-refractivity contribution in [3.05, 3.63) is 28.8 Å². The number of phenols is 1. The summed E-state index contributed by atoms with van der Waals surface area (Å²) in [4.78, 5) is 2.32. The lowest BCUT2D eigenvalue weighted by Crippen LogP contribution is -2.33. The molecular formula is C15H26N2O. The van der Waals surface area contributed by atoms with Crippen molar-refractivity contribution in [1.82, 2.24) is 10.2 Å². The fraction of sp³-hybridized carbons (Fsp3) is 0.600. The van der Waals surface area contributed by atoms with Gasteiger partial charge in [-0.2, -0.15) is 0 Å². The van der Waals surface area contributed by atoms with Gasteiger partial charge in [-0.3, -0.25) is 0 Å². The van der Waals surface area contributed by atoms with Crippen molar-refractivity contribution in [2.75, 3.05) is 20.1 Å². The van der Waals surface area contributed by atoms with Crippen LogP contribution in [0.2, 0.25) is 0 Å². The Morgan fingerprint density at radius 3 is 2.28 bits per heavy atom. The predicted molar refractivity (Wildman–Crippen MR) is 77.1 cm³/mol. The molecule has 1 rings (SSSR count). The van der Waals surface area contributed by atoms with E-state index in [9.17, 15) is 5.11 Å². The summed E-state index contributed by atoms with van der Waals surface area (Å²) in [7, 11) is 2.14.